The van der Waals surface area contributed by atoms with E-state index >= 15 is 0 Å². The van der Waals surface area contributed by atoms with E-state index in [9.17, 15) is 8.42 Å². The molecule has 5 nitrogen and oxygen atoms in total. The number of methoxy groups -OCH3 is 1. The summed E-state index contributed by atoms with van der Waals surface area (Å²) in [6.07, 6.45) is 0. The Hall–Kier alpha value is -2.99. The van der Waals surface area contributed by atoms with E-state index < -0.39 is 10.0 Å². The zero-order valence-electron chi connectivity index (χ0n) is 14.5. The van der Waals surface area contributed by atoms with Crippen LogP contribution in [0.5, 0.6) is 17.2 Å². The Morgan fingerprint density at radius 2 is 1.58 bits per heavy atom. The van der Waals surface area contributed by atoms with Crippen LogP contribution in [0.1, 0.15) is 5.56 Å². The SMILES string of the molecule is COc1cccc(NS(=O)(=O)c2ccc(Oc3ccccc3C)cc2)c1. The van der Waals surface area contributed by atoms with Gasteiger partial charge in [-0.3, -0.25) is 4.72 Å². The highest BCUT2D eigenvalue weighted by Crippen LogP contribution is 2.26. The van der Waals surface area contributed by atoms with E-state index in [0.29, 0.717) is 17.2 Å². The van der Waals surface area contributed by atoms with Gasteiger partial charge in [0.25, 0.3) is 10.0 Å². The molecule has 0 bridgehead atoms. The minimum atomic E-state index is -3.70. The summed E-state index contributed by atoms with van der Waals surface area (Å²) in [6, 6.07) is 20.7. The highest BCUT2D eigenvalue weighted by molar-refractivity contribution is 7.92. The van der Waals surface area contributed by atoms with Gasteiger partial charge >= 0.3 is 0 Å². The van der Waals surface area contributed by atoms with Gasteiger partial charge in [-0.1, -0.05) is 24.3 Å². The van der Waals surface area contributed by atoms with Crippen LogP contribution in [-0.2, 0) is 10.0 Å². The first kappa shape index (κ1) is 17.8. The van der Waals surface area contributed by atoms with Crippen molar-refractivity contribution in [1.29, 1.82) is 0 Å². The van der Waals surface area contributed by atoms with Crippen molar-refractivity contribution in [2.24, 2.45) is 0 Å². The first-order valence-corrected chi connectivity index (χ1v) is 9.47. The summed E-state index contributed by atoms with van der Waals surface area (Å²) in [5, 5.41) is 0. The molecule has 0 aliphatic heterocycles. The maximum Gasteiger partial charge on any atom is 0.261 e. The van der Waals surface area contributed by atoms with Crippen molar-refractivity contribution in [2.45, 2.75) is 11.8 Å². The number of sulfonamides is 1. The van der Waals surface area contributed by atoms with Crippen LogP contribution in [0.4, 0.5) is 5.69 Å². The summed E-state index contributed by atoms with van der Waals surface area (Å²) in [5.41, 5.74) is 1.44. The fourth-order valence-electron chi connectivity index (χ4n) is 2.39. The third kappa shape index (κ3) is 4.15. The van der Waals surface area contributed by atoms with Crippen molar-refractivity contribution < 1.29 is 17.9 Å². The molecular formula is C20H19NO4S. The lowest BCUT2D eigenvalue weighted by atomic mass is 10.2. The first-order valence-electron chi connectivity index (χ1n) is 7.98. The molecule has 1 N–H and O–H groups in total. The Balaban J connectivity index is 1.77. The predicted octanol–water partition coefficient (Wildman–Crippen LogP) is 4.60. The summed E-state index contributed by atoms with van der Waals surface area (Å²) >= 11 is 0. The molecule has 6 heteroatoms. The molecule has 3 rings (SSSR count). The van der Waals surface area contributed by atoms with Crippen molar-refractivity contribution in [2.75, 3.05) is 11.8 Å². The smallest absolute Gasteiger partial charge is 0.261 e. The third-order valence-corrected chi connectivity index (χ3v) is 5.17. The maximum absolute atomic E-state index is 12.5. The number of hydrogen-bond acceptors (Lipinski definition) is 4. The van der Waals surface area contributed by atoms with Gasteiger partial charge in [0.2, 0.25) is 0 Å². The zero-order chi connectivity index (χ0) is 18.6. The second kappa shape index (κ2) is 7.49. The molecule has 0 amide bonds. The van der Waals surface area contributed by atoms with E-state index in [1.165, 1.54) is 19.2 Å². The molecule has 0 spiro atoms. The van der Waals surface area contributed by atoms with Gasteiger partial charge in [0.15, 0.2) is 0 Å². The number of para-hydroxylation sites is 1. The van der Waals surface area contributed by atoms with Gasteiger partial charge in [0.1, 0.15) is 17.2 Å². The fourth-order valence-corrected chi connectivity index (χ4v) is 3.43. The zero-order valence-corrected chi connectivity index (χ0v) is 15.3. The van der Waals surface area contributed by atoms with Gasteiger partial charge in [-0.15, -0.1) is 0 Å². The molecule has 0 aliphatic carbocycles. The van der Waals surface area contributed by atoms with Crippen LogP contribution in [0.3, 0.4) is 0 Å². The average Bonchev–Trinajstić information content (AvgIpc) is 2.64. The Kier molecular flexibility index (Phi) is 5.14. The first-order chi connectivity index (χ1) is 12.5. The summed E-state index contributed by atoms with van der Waals surface area (Å²) in [4.78, 5) is 0.150. The topological polar surface area (TPSA) is 64.6 Å². The van der Waals surface area contributed by atoms with Gasteiger partial charge in [0, 0.05) is 6.07 Å². The minimum Gasteiger partial charge on any atom is -0.497 e. The molecule has 3 aromatic carbocycles. The molecular weight excluding hydrogens is 350 g/mol. The number of aryl methyl sites for hydroxylation is 1. The summed E-state index contributed by atoms with van der Waals surface area (Å²) in [7, 11) is -2.17. The van der Waals surface area contributed by atoms with Crippen molar-refractivity contribution in [3.05, 3.63) is 78.4 Å². The summed E-state index contributed by atoms with van der Waals surface area (Å²) in [5.74, 6) is 1.88. The number of ether oxygens (including phenoxy) is 2. The molecule has 0 unspecified atom stereocenters. The summed E-state index contributed by atoms with van der Waals surface area (Å²) < 4.78 is 38.5. The van der Waals surface area contributed by atoms with E-state index in [-0.39, 0.29) is 4.90 Å². The lowest BCUT2D eigenvalue weighted by molar-refractivity contribution is 0.415. The lowest BCUT2D eigenvalue weighted by Gasteiger charge is -2.11. The molecule has 134 valence electrons. The molecule has 0 saturated heterocycles. The van der Waals surface area contributed by atoms with Crippen LogP contribution in [0.25, 0.3) is 0 Å². The van der Waals surface area contributed by atoms with Crippen LogP contribution in [-0.4, -0.2) is 15.5 Å². The number of rotatable bonds is 6. The standard InChI is InChI=1S/C20H19NO4S/c1-15-6-3-4-9-20(15)25-17-10-12-19(13-11-17)26(22,23)21-16-7-5-8-18(14-16)24-2/h3-14,21H,1-2H3. The monoisotopic (exact) mass is 369 g/mol. The van der Waals surface area contributed by atoms with Crippen LogP contribution in [0.15, 0.2) is 77.7 Å². The van der Waals surface area contributed by atoms with Crippen LogP contribution >= 0.6 is 0 Å². The molecule has 0 saturated carbocycles. The largest absolute Gasteiger partial charge is 0.497 e. The Bertz CT molecular complexity index is 998. The number of benzene rings is 3. The fraction of sp³-hybridized carbons (Fsp3) is 0.100. The predicted molar refractivity (Wildman–Crippen MR) is 101 cm³/mol. The second-order valence-electron chi connectivity index (χ2n) is 5.68. The molecule has 0 aliphatic rings. The van der Waals surface area contributed by atoms with Crippen molar-refractivity contribution in [3.8, 4) is 17.2 Å². The molecule has 0 radical (unpaired) electrons. The van der Waals surface area contributed by atoms with Crippen LogP contribution in [0, 0.1) is 6.92 Å². The third-order valence-electron chi connectivity index (χ3n) is 3.78. The molecule has 0 fully saturated rings. The van der Waals surface area contributed by atoms with Crippen LogP contribution < -0.4 is 14.2 Å². The number of anilines is 1. The second-order valence-corrected chi connectivity index (χ2v) is 7.36. The quantitative estimate of drug-likeness (QED) is 0.690. The average molecular weight is 369 g/mol. The van der Waals surface area contributed by atoms with E-state index in [1.54, 1.807) is 36.4 Å². The molecule has 26 heavy (non-hydrogen) atoms. The lowest BCUT2D eigenvalue weighted by Crippen LogP contribution is -2.12. The van der Waals surface area contributed by atoms with E-state index in [4.69, 9.17) is 9.47 Å². The van der Waals surface area contributed by atoms with Gasteiger partial charge in [0.05, 0.1) is 17.7 Å². The van der Waals surface area contributed by atoms with Crippen LogP contribution in [0.2, 0.25) is 0 Å². The van der Waals surface area contributed by atoms with E-state index in [2.05, 4.69) is 4.72 Å². The number of nitrogens with one attached hydrogen (secondary N) is 1. The molecule has 0 aromatic heterocycles. The minimum absolute atomic E-state index is 0.150. The van der Waals surface area contributed by atoms with Crippen molar-refractivity contribution in [3.63, 3.8) is 0 Å². The van der Waals surface area contributed by atoms with Gasteiger partial charge in [-0.25, -0.2) is 8.42 Å². The van der Waals surface area contributed by atoms with Crippen molar-refractivity contribution in [1.82, 2.24) is 0 Å². The van der Waals surface area contributed by atoms with Gasteiger partial charge in [-0.2, -0.15) is 0 Å². The Morgan fingerprint density at radius 1 is 0.846 bits per heavy atom. The molecule has 0 atom stereocenters. The highest BCUT2D eigenvalue weighted by atomic mass is 32.2. The Labute approximate surface area is 153 Å². The van der Waals surface area contributed by atoms with E-state index in [0.717, 1.165) is 11.3 Å². The highest BCUT2D eigenvalue weighted by Gasteiger charge is 2.14. The number of hydrogen-bond donors (Lipinski definition) is 1. The maximum atomic E-state index is 12.5. The molecule has 0 heterocycles. The molecule has 3 aromatic rings. The van der Waals surface area contributed by atoms with Gasteiger partial charge in [-0.05, 0) is 55.0 Å². The van der Waals surface area contributed by atoms with E-state index in [1.807, 2.05) is 31.2 Å². The normalized spacial score (nSPS) is 11.0. The Morgan fingerprint density at radius 3 is 2.27 bits per heavy atom. The summed E-state index contributed by atoms with van der Waals surface area (Å²) in [6.45, 7) is 1.95. The van der Waals surface area contributed by atoms with Gasteiger partial charge < -0.3 is 9.47 Å². The van der Waals surface area contributed by atoms with Crippen molar-refractivity contribution >= 4 is 15.7 Å².